The first-order chi connectivity index (χ1) is 12.0. The fourth-order valence-corrected chi connectivity index (χ4v) is 2.75. The standard InChI is InChI=1S/C16H13N3O5S/c1-25-12-5-2-10(3-6-12)17-15(20)9-18-13-7-4-11(19(22)23)8-14(13)24-16(18)21/h2-8H,9H2,1H3,(H,17,20). The normalized spacial score (nSPS) is 10.8. The highest BCUT2D eigenvalue weighted by atomic mass is 32.2. The molecule has 2 aromatic carbocycles. The number of hydrogen-bond donors (Lipinski definition) is 1. The van der Waals surface area contributed by atoms with E-state index in [0.29, 0.717) is 11.2 Å². The van der Waals surface area contributed by atoms with Crippen LogP contribution in [0.1, 0.15) is 0 Å². The number of thioether (sulfide) groups is 1. The third-order valence-corrected chi connectivity index (χ3v) is 4.28. The summed E-state index contributed by atoms with van der Waals surface area (Å²) in [5.41, 5.74) is 0.811. The Bertz CT molecular complexity index is 1010. The number of carbonyl (C=O) groups is 1. The van der Waals surface area contributed by atoms with Gasteiger partial charge in [-0.2, -0.15) is 0 Å². The summed E-state index contributed by atoms with van der Waals surface area (Å²) in [7, 11) is 0. The summed E-state index contributed by atoms with van der Waals surface area (Å²) >= 11 is 1.59. The van der Waals surface area contributed by atoms with Gasteiger partial charge in [0.1, 0.15) is 6.54 Å². The maximum atomic E-state index is 12.2. The number of amides is 1. The number of rotatable bonds is 5. The van der Waals surface area contributed by atoms with Crippen LogP contribution in [-0.4, -0.2) is 21.7 Å². The maximum absolute atomic E-state index is 12.2. The molecule has 0 aliphatic rings. The van der Waals surface area contributed by atoms with Crippen molar-refractivity contribution in [2.24, 2.45) is 0 Å². The Balaban J connectivity index is 1.81. The summed E-state index contributed by atoms with van der Waals surface area (Å²) in [6.45, 7) is -0.256. The number of non-ortho nitro benzene ring substituents is 1. The van der Waals surface area contributed by atoms with Crippen LogP contribution in [0.5, 0.6) is 0 Å². The number of nitro benzene ring substituents is 1. The zero-order valence-corrected chi connectivity index (χ0v) is 13.9. The summed E-state index contributed by atoms with van der Waals surface area (Å²) in [4.78, 5) is 35.4. The number of nitrogens with one attached hydrogen (secondary N) is 1. The molecule has 0 spiro atoms. The summed E-state index contributed by atoms with van der Waals surface area (Å²) < 4.78 is 6.12. The summed E-state index contributed by atoms with van der Waals surface area (Å²) in [6.07, 6.45) is 1.95. The molecule has 0 saturated heterocycles. The lowest BCUT2D eigenvalue weighted by Gasteiger charge is -2.06. The predicted octanol–water partition coefficient (Wildman–Crippen LogP) is 2.86. The lowest BCUT2D eigenvalue weighted by atomic mass is 10.3. The number of nitrogens with zero attached hydrogens (tertiary/aromatic N) is 2. The molecule has 1 N–H and O–H groups in total. The highest BCUT2D eigenvalue weighted by molar-refractivity contribution is 7.98. The van der Waals surface area contributed by atoms with E-state index in [4.69, 9.17) is 4.42 Å². The molecule has 128 valence electrons. The lowest BCUT2D eigenvalue weighted by Crippen LogP contribution is -2.24. The van der Waals surface area contributed by atoms with Crippen molar-refractivity contribution in [1.29, 1.82) is 0 Å². The molecule has 0 aliphatic heterocycles. The zero-order chi connectivity index (χ0) is 18.0. The highest BCUT2D eigenvalue weighted by Crippen LogP contribution is 2.20. The Morgan fingerprint density at radius 2 is 2.00 bits per heavy atom. The van der Waals surface area contributed by atoms with Crippen LogP contribution >= 0.6 is 11.8 Å². The van der Waals surface area contributed by atoms with Gasteiger partial charge in [0.15, 0.2) is 5.58 Å². The van der Waals surface area contributed by atoms with Gasteiger partial charge in [-0.05, 0) is 36.6 Å². The van der Waals surface area contributed by atoms with Crippen molar-refractivity contribution in [3.05, 3.63) is 63.1 Å². The van der Waals surface area contributed by atoms with Crippen molar-refractivity contribution < 1.29 is 14.1 Å². The molecule has 0 radical (unpaired) electrons. The fraction of sp³-hybridized carbons (Fsp3) is 0.125. The van der Waals surface area contributed by atoms with Gasteiger partial charge >= 0.3 is 5.76 Å². The molecular formula is C16H13N3O5S. The third kappa shape index (κ3) is 3.56. The van der Waals surface area contributed by atoms with Crippen LogP contribution in [0, 0.1) is 10.1 Å². The molecule has 25 heavy (non-hydrogen) atoms. The van der Waals surface area contributed by atoms with Crippen molar-refractivity contribution >= 4 is 40.1 Å². The second-order valence-electron chi connectivity index (χ2n) is 5.14. The van der Waals surface area contributed by atoms with Gasteiger partial charge in [0, 0.05) is 16.6 Å². The minimum Gasteiger partial charge on any atom is -0.407 e. The lowest BCUT2D eigenvalue weighted by molar-refractivity contribution is -0.384. The molecule has 0 aliphatic carbocycles. The number of carbonyl (C=O) groups excluding carboxylic acids is 1. The predicted molar refractivity (Wildman–Crippen MR) is 94.0 cm³/mol. The summed E-state index contributed by atoms with van der Waals surface area (Å²) in [6, 6.07) is 11.1. The van der Waals surface area contributed by atoms with E-state index in [9.17, 15) is 19.7 Å². The highest BCUT2D eigenvalue weighted by Gasteiger charge is 2.16. The van der Waals surface area contributed by atoms with Crippen molar-refractivity contribution in [3.63, 3.8) is 0 Å². The molecule has 8 nitrogen and oxygen atoms in total. The Hall–Kier alpha value is -3.07. The average Bonchev–Trinajstić information content (AvgIpc) is 2.90. The van der Waals surface area contributed by atoms with Gasteiger partial charge in [0.05, 0.1) is 16.5 Å². The topological polar surface area (TPSA) is 107 Å². The van der Waals surface area contributed by atoms with E-state index < -0.39 is 16.6 Å². The molecule has 0 fully saturated rings. The van der Waals surface area contributed by atoms with Crippen LogP contribution in [0.3, 0.4) is 0 Å². The number of oxazole rings is 1. The van der Waals surface area contributed by atoms with Gasteiger partial charge in [0.2, 0.25) is 5.91 Å². The van der Waals surface area contributed by atoms with E-state index >= 15 is 0 Å². The van der Waals surface area contributed by atoms with E-state index in [0.717, 1.165) is 15.5 Å². The van der Waals surface area contributed by atoms with Gasteiger partial charge in [0.25, 0.3) is 5.69 Å². The number of nitro groups is 1. The van der Waals surface area contributed by atoms with Crippen molar-refractivity contribution in [2.75, 3.05) is 11.6 Å². The Morgan fingerprint density at radius 3 is 2.64 bits per heavy atom. The first-order valence-electron chi connectivity index (χ1n) is 7.19. The van der Waals surface area contributed by atoms with E-state index in [2.05, 4.69) is 5.32 Å². The van der Waals surface area contributed by atoms with Gasteiger partial charge in [-0.1, -0.05) is 0 Å². The Kier molecular flexibility index (Phi) is 4.57. The first-order valence-corrected chi connectivity index (χ1v) is 8.42. The molecule has 0 saturated carbocycles. The molecule has 0 atom stereocenters. The number of anilines is 1. The van der Waals surface area contributed by atoms with Gasteiger partial charge in [-0.25, -0.2) is 4.79 Å². The molecule has 0 bridgehead atoms. The van der Waals surface area contributed by atoms with Gasteiger partial charge in [-0.3, -0.25) is 19.5 Å². The van der Waals surface area contributed by atoms with E-state index in [1.54, 1.807) is 23.9 Å². The van der Waals surface area contributed by atoms with Crippen LogP contribution in [-0.2, 0) is 11.3 Å². The molecule has 1 aromatic heterocycles. The monoisotopic (exact) mass is 359 g/mol. The fourth-order valence-electron chi connectivity index (χ4n) is 2.34. The quantitative estimate of drug-likeness (QED) is 0.426. The maximum Gasteiger partial charge on any atom is 0.420 e. The molecule has 9 heteroatoms. The molecular weight excluding hydrogens is 346 g/mol. The van der Waals surface area contributed by atoms with E-state index in [-0.39, 0.29) is 17.8 Å². The molecule has 3 aromatic rings. The van der Waals surface area contributed by atoms with Crippen molar-refractivity contribution in [3.8, 4) is 0 Å². The largest absolute Gasteiger partial charge is 0.420 e. The third-order valence-electron chi connectivity index (χ3n) is 3.54. The van der Waals surface area contributed by atoms with E-state index in [1.807, 2.05) is 18.4 Å². The Labute approximate surface area is 145 Å². The van der Waals surface area contributed by atoms with Crippen molar-refractivity contribution in [1.82, 2.24) is 4.57 Å². The number of benzene rings is 2. The van der Waals surface area contributed by atoms with Gasteiger partial charge in [-0.15, -0.1) is 11.8 Å². The van der Waals surface area contributed by atoms with Crippen LogP contribution in [0.15, 0.2) is 56.6 Å². The van der Waals surface area contributed by atoms with Crippen LogP contribution < -0.4 is 11.1 Å². The number of hydrogen-bond acceptors (Lipinski definition) is 6. The average molecular weight is 359 g/mol. The van der Waals surface area contributed by atoms with Crippen LogP contribution in [0.25, 0.3) is 11.1 Å². The molecule has 1 heterocycles. The number of aromatic nitrogens is 1. The number of fused-ring (bicyclic) bond motifs is 1. The minimum absolute atomic E-state index is 0.0660. The zero-order valence-electron chi connectivity index (χ0n) is 13.1. The second-order valence-corrected chi connectivity index (χ2v) is 6.02. The van der Waals surface area contributed by atoms with Crippen LogP contribution in [0.4, 0.5) is 11.4 Å². The second kappa shape index (κ2) is 6.81. The molecule has 0 unspecified atom stereocenters. The van der Waals surface area contributed by atoms with Crippen LogP contribution in [0.2, 0.25) is 0 Å². The van der Waals surface area contributed by atoms with E-state index in [1.165, 1.54) is 12.1 Å². The van der Waals surface area contributed by atoms with Crippen molar-refractivity contribution in [2.45, 2.75) is 11.4 Å². The summed E-state index contributed by atoms with van der Waals surface area (Å²) in [5.74, 6) is -1.15. The SMILES string of the molecule is CSc1ccc(NC(=O)Cn2c(=O)oc3cc([N+](=O)[O-])ccc32)cc1. The first kappa shape index (κ1) is 16.8. The van der Waals surface area contributed by atoms with Gasteiger partial charge < -0.3 is 9.73 Å². The smallest absolute Gasteiger partial charge is 0.407 e. The molecule has 3 rings (SSSR count). The minimum atomic E-state index is -0.747. The summed E-state index contributed by atoms with van der Waals surface area (Å²) in [5, 5.41) is 13.5. The molecule has 1 amide bonds. The Morgan fingerprint density at radius 1 is 1.28 bits per heavy atom.